The third kappa shape index (κ3) is 3.43. The fourth-order valence-corrected chi connectivity index (χ4v) is 4.83. The third-order valence-electron chi connectivity index (χ3n) is 6.55. The molecule has 0 radical (unpaired) electrons. The van der Waals surface area contributed by atoms with Crippen molar-refractivity contribution in [3.05, 3.63) is 90.3 Å². The quantitative estimate of drug-likeness (QED) is 0.553. The molecule has 0 saturated carbocycles. The van der Waals surface area contributed by atoms with Gasteiger partial charge >= 0.3 is 0 Å². The lowest BCUT2D eigenvalue weighted by atomic mass is 9.90. The van der Waals surface area contributed by atoms with E-state index < -0.39 is 0 Å². The lowest BCUT2D eigenvalue weighted by Crippen LogP contribution is -2.46. The summed E-state index contributed by atoms with van der Waals surface area (Å²) in [5.74, 6) is 1.89. The fraction of sp³-hybridized carbons (Fsp3) is 0.280. The number of anilines is 1. The number of benzene rings is 1. The van der Waals surface area contributed by atoms with Gasteiger partial charge in [-0.2, -0.15) is 0 Å². The van der Waals surface area contributed by atoms with Crippen LogP contribution in [0.2, 0.25) is 0 Å². The minimum absolute atomic E-state index is 0.238. The minimum Gasteiger partial charge on any atom is -0.355 e. The molecule has 0 aliphatic carbocycles. The molecule has 0 spiro atoms. The smallest absolute Gasteiger partial charge is 0.129 e. The highest BCUT2D eigenvalue weighted by Gasteiger charge is 2.36. The van der Waals surface area contributed by atoms with Gasteiger partial charge in [0.25, 0.3) is 0 Å². The Bertz CT molecular complexity index is 1200. The number of nitrogens with one attached hydrogen (secondary N) is 1. The molecule has 0 amide bonds. The van der Waals surface area contributed by atoms with Gasteiger partial charge in [0.15, 0.2) is 0 Å². The average Bonchev–Trinajstić information content (AvgIpc) is 3.29. The van der Waals surface area contributed by atoms with Crippen LogP contribution in [0.5, 0.6) is 0 Å². The van der Waals surface area contributed by atoms with Crippen LogP contribution in [-0.2, 0) is 0 Å². The molecule has 4 aromatic rings. The van der Waals surface area contributed by atoms with Crippen molar-refractivity contribution in [2.75, 3.05) is 24.5 Å². The van der Waals surface area contributed by atoms with E-state index >= 15 is 0 Å². The summed E-state index contributed by atoms with van der Waals surface area (Å²) in [6.45, 7) is 2.80. The summed E-state index contributed by atoms with van der Waals surface area (Å²) >= 11 is 0. The molecule has 6 nitrogen and oxygen atoms in total. The summed E-state index contributed by atoms with van der Waals surface area (Å²) in [4.78, 5) is 21.0. The Hall–Kier alpha value is -3.38. The first-order valence-corrected chi connectivity index (χ1v) is 10.9. The Labute approximate surface area is 181 Å². The Kier molecular flexibility index (Phi) is 4.57. The molecule has 3 aromatic heterocycles. The summed E-state index contributed by atoms with van der Waals surface area (Å²) < 4.78 is 0. The first kappa shape index (κ1) is 18.4. The molecule has 2 aliphatic rings. The van der Waals surface area contributed by atoms with Gasteiger partial charge in [-0.25, -0.2) is 4.98 Å². The largest absolute Gasteiger partial charge is 0.355 e. The van der Waals surface area contributed by atoms with Crippen molar-refractivity contribution in [1.29, 1.82) is 0 Å². The number of hydrogen-bond acceptors (Lipinski definition) is 6. The predicted octanol–water partition coefficient (Wildman–Crippen LogP) is 3.84. The predicted molar refractivity (Wildman–Crippen MR) is 121 cm³/mol. The van der Waals surface area contributed by atoms with E-state index in [0.717, 1.165) is 48.8 Å². The number of aromatic nitrogens is 4. The molecular weight excluding hydrogens is 384 g/mol. The van der Waals surface area contributed by atoms with Crippen molar-refractivity contribution in [2.45, 2.75) is 24.3 Å². The number of pyridine rings is 2. The molecule has 2 unspecified atom stereocenters. The minimum atomic E-state index is 0.238. The van der Waals surface area contributed by atoms with Gasteiger partial charge in [-0.15, -0.1) is 0 Å². The molecule has 154 valence electrons. The summed E-state index contributed by atoms with van der Waals surface area (Å²) in [5, 5.41) is 4.85. The topological polar surface area (TPSA) is 66.8 Å². The van der Waals surface area contributed by atoms with Crippen LogP contribution >= 0.6 is 0 Å². The zero-order chi connectivity index (χ0) is 20.6. The summed E-state index contributed by atoms with van der Waals surface area (Å²) in [7, 11) is 0. The Morgan fingerprint density at radius 3 is 2.58 bits per heavy atom. The zero-order valence-electron chi connectivity index (χ0n) is 17.2. The summed E-state index contributed by atoms with van der Waals surface area (Å²) in [6, 6.07) is 17.0. The van der Waals surface area contributed by atoms with Crippen molar-refractivity contribution in [1.82, 2.24) is 25.3 Å². The van der Waals surface area contributed by atoms with Gasteiger partial charge in [0.1, 0.15) is 5.82 Å². The van der Waals surface area contributed by atoms with Gasteiger partial charge in [-0.3, -0.25) is 15.0 Å². The van der Waals surface area contributed by atoms with Gasteiger partial charge in [0, 0.05) is 55.7 Å². The molecule has 1 N–H and O–H groups in total. The maximum Gasteiger partial charge on any atom is 0.129 e. The third-order valence-corrected chi connectivity index (χ3v) is 6.55. The van der Waals surface area contributed by atoms with E-state index in [9.17, 15) is 0 Å². The van der Waals surface area contributed by atoms with Crippen molar-refractivity contribution in [3.8, 4) is 0 Å². The monoisotopic (exact) mass is 408 g/mol. The number of para-hydroxylation sites is 1. The zero-order valence-corrected chi connectivity index (χ0v) is 17.2. The van der Waals surface area contributed by atoms with Crippen molar-refractivity contribution >= 4 is 16.7 Å². The van der Waals surface area contributed by atoms with E-state index in [4.69, 9.17) is 15.0 Å². The summed E-state index contributed by atoms with van der Waals surface area (Å²) in [6.07, 6.45) is 8.48. The molecule has 1 aromatic carbocycles. The second-order valence-corrected chi connectivity index (χ2v) is 8.47. The van der Waals surface area contributed by atoms with Crippen LogP contribution in [0.3, 0.4) is 0 Å². The molecule has 2 aliphatic heterocycles. The molecule has 5 heterocycles. The van der Waals surface area contributed by atoms with Crippen molar-refractivity contribution in [3.63, 3.8) is 0 Å². The van der Waals surface area contributed by atoms with E-state index in [2.05, 4.69) is 51.6 Å². The molecule has 2 saturated heterocycles. The van der Waals surface area contributed by atoms with Crippen LogP contribution in [0, 0.1) is 0 Å². The highest BCUT2D eigenvalue weighted by Crippen LogP contribution is 2.38. The average molecular weight is 409 g/mol. The van der Waals surface area contributed by atoms with Crippen LogP contribution < -0.4 is 10.2 Å². The maximum absolute atomic E-state index is 4.84. The van der Waals surface area contributed by atoms with Crippen LogP contribution in [-0.4, -0.2) is 39.6 Å². The molecule has 6 heteroatoms. The Morgan fingerprint density at radius 2 is 1.71 bits per heavy atom. The molecular formula is C25H24N6. The molecule has 31 heavy (non-hydrogen) atoms. The van der Waals surface area contributed by atoms with E-state index in [1.807, 2.05) is 36.9 Å². The second-order valence-electron chi connectivity index (χ2n) is 8.47. The van der Waals surface area contributed by atoms with Gasteiger partial charge in [0.2, 0.25) is 0 Å². The van der Waals surface area contributed by atoms with Crippen LogP contribution in [0.25, 0.3) is 10.9 Å². The van der Waals surface area contributed by atoms with Crippen molar-refractivity contribution in [2.24, 2.45) is 0 Å². The fourth-order valence-electron chi connectivity index (χ4n) is 4.83. The maximum atomic E-state index is 4.84. The number of fused-ring (bicyclic) bond motifs is 1. The summed E-state index contributed by atoms with van der Waals surface area (Å²) in [5.41, 5.74) is 4.56. The van der Waals surface area contributed by atoms with Crippen LogP contribution in [0.1, 0.15) is 41.2 Å². The van der Waals surface area contributed by atoms with E-state index in [-0.39, 0.29) is 6.04 Å². The molecule has 0 bridgehead atoms. The molecule has 6 rings (SSSR count). The van der Waals surface area contributed by atoms with Crippen molar-refractivity contribution < 1.29 is 0 Å². The lowest BCUT2D eigenvalue weighted by Gasteiger charge is -2.40. The second kappa shape index (κ2) is 7.71. The number of nitrogens with zero attached hydrogens (tertiary/aromatic N) is 5. The highest BCUT2D eigenvalue weighted by molar-refractivity contribution is 5.80. The van der Waals surface area contributed by atoms with Gasteiger partial charge in [-0.1, -0.05) is 24.3 Å². The first-order valence-electron chi connectivity index (χ1n) is 10.9. The van der Waals surface area contributed by atoms with Gasteiger partial charge in [0.05, 0.1) is 22.9 Å². The van der Waals surface area contributed by atoms with E-state index in [1.54, 1.807) is 0 Å². The SMILES string of the molecule is c1cncc(C2CNC(c3nccnc3C3CN(c4ccc5ccccc5n4)C3)C2)c1. The number of rotatable bonds is 4. The van der Waals surface area contributed by atoms with Gasteiger partial charge < -0.3 is 10.2 Å². The van der Waals surface area contributed by atoms with Crippen LogP contribution in [0.15, 0.2) is 73.3 Å². The standard InChI is InChI=1S/C25H24N6/c1-2-6-21-17(4-1)7-8-23(30-21)31-15-20(16-31)24-25(28-11-10-27-24)22-12-19(14-29-22)18-5-3-9-26-13-18/h1-11,13,19-20,22,29H,12,14-16H2. The van der Waals surface area contributed by atoms with E-state index in [1.165, 1.54) is 10.9 Å². The number of hydrogen-bond donors (Lipinski definition) is 1. The lowest BCUT2D eigenvalue weighted by molar-refractivity contribution is 0.490. The normalized spacial score (nSPS) is 21.4. The Balaban J connectivity index is 1.18. The van der Waals surface area contributed by atoms with E-state index in [0.29, 0.717) is 11.8 Å². The Morgan fingerprint density at radius 1 is 0.839 bits per heavy atom. The molecule has 2 fully saturated rings. The highest BCUT2D eigenvalue weighted by atomic mass is 15.2. The van der Waals surface area contributed by atoms with Crippen LogP contribution in [0.4, 0.5) is 5.82 Å². The molecule has 2 atom stereocenters. The van der Waals surface area contributed by atoms with Gasteiger partial charge in [-0.05, 0) is 42.2 Å². The first-order chi connectivity index (χ1) is 15.3.